The third-order valence-corrected chi connectivity index (χ3v) is 1.23. The van der Waals surface area contributed by atoms with Gasteiger partial charge in [-0.25, -0.2) is 9.99 Å². The monoisotopic (exact) mass is 167 g/mol. The second-order valence-corrected chi connectivity index (χ2v) is 2.55. The summed E-state index contributed by atoms with van der Waals surface area (Å²) in [7, 11) is 5.60. The first-order valence-electron chi connectivity index (χ1n) is 3.66. The van der Waals surface area contributed by atoms with Crippen LogP contribution in [0.15, 0.2) is 12.4 Å². The number of nitrogens with zero attached hydrogens (tertiary/aromatic N) is 3. The largest absolute Gasteiger partial charge is 0.372 e. The molecule has 12 heavy (non-hydrogen) atoms. The van der Waals surface area contributed by atoms with Crippen molar-refractivity contribution in [3.05, 3.63) is 12.4 Å². The van der Waals surface area contributed by atoms with Crippen LogP contribution in [0.5, 0.6) is 0 Å². The van der Waals surface area contributed by atoms with Crippen molar-refractivity contribution in [2.45, 2.75) is 0 Å². The van der Waals surface area contributed by atoms with Gasteiger partial charge in [-0.1, -0.05) is 0 Å². The van der Waals surface area contributed by atoms with Gasteiger partial charge in [-0.2, -0.15) is 0 Å². The molecule has 0 radical (unpaired) electrons. The summed E-state index contributed by atoms with van der Waals surface area (Å²) in [5, 5.41) is 4.72. The van der Waals surface area contributed by atoms with Gasteiger partial charge in [-0.05, 0) is 0 Å². The Labute approximate surface area is 71.8 Å². The smallest absolute Gasteiger partial charge is 0.161 e. The molecule has 66 valence electrons. The molecule has 0 saturated heterocycles. The van der Waals surface area contributed by atoms with Crippen LogP contribution in [0.2, 0.25) is 0 Å². The maximum absolute atomic E-state index is 4.20. The van der Waals surface area contributed by atoms with Crippen LogP contribution >= 0.6 is 0 Å². The molecule has 5 nitrogen and oxygen atoms in total. The quantitative estimate of drug-likeness (QED) is 0.638. The molecule has 0 aliphatic heterocycles. The molecule has 0 aliphatic carbocycles. The molecular formula is C7H13N5. The zero-order valence-corrected chi connectivity index (χ0v) is 7.50. The van der Waals surface area contributed by atoms with Gasteiger partial charge in [-0.3, -0.25) is 4.98 Å². The molecule has 0 spiro atoms. The van der Waals surface area contributed by atoms with Crippen molar-refractivity contribution >= 4 is 11.6 Å². The molecule has 1 heterocycles. The third kappa shape index (κ3) is 2.35. The predicted octanol–water partition coefficient (Wildman–Crippen LogP) is 0.407. The highest BCUT2D eigenvalue weighted by atomic mass is 15.5. The fraction of sp³-hybridized carbons (Fsp3) is 0.429. The van der Waals surface area contributed by atoms with Crippen molar-refractivity contribution in [2.24, 2.45) is 0 Å². The summed E-state index contributed by atoms with van der Waals surface area (Å²) in [5.41, 5.74) is 3.00. The molecule has 0 aliphatic rings. The first-order valence-corrected chi connectivity index (χ1v) is 3.66. The number of aromatic nitrogens is 2. The van der Waals surface area contributed by atoms with Gasteiger partial charge in [0.15, 0.2) is 5.82 Å². The maximum Gasteiger partial charge on any atom is 0.161 e. The minimum atomic E-state index is 0.729. The Morgan fingerprint density at radius 3 is 2.50 bits per heavy atom. The van der Waals surface area contributed by atoms with Crippen molar-refractivity contribution in [3.8, 4) is 0 Å². The Balaban J connectivity index is 2.72. The highest BCUT2D eigenvalue weighted by Gasteiger charge is 1.95. The van der Waals surface area contributed by atoms with E-state index in [9.17, 15) is 0 Å². The average molecular weight is 167 g/mol. The van der Waals surface area contributed by atoms with Crippen molar-refractivity contribution < 1.29 is 0 Å². The predicted molar refractivity (Wildman–Crippen MR) is 48.9 cm³/mol. The number of nitrogens with one attached hydrogen (secondary N) is 2. The van der Waals surface area contributed by atoms with Crippen molar-refractivity contribution in [2.75, 3.05) is 31.9 Å². The number of hydrogen-bond acceptors (Lipinski definition) is 5. The highest BCUT2D eigenvalue weighted by molar-refractivity contribution is 5.40. The van der Waals surface area contributed by atoms with E-state index in [0.717, 1.165) is 11.6 Å². The molecule has 5 heteroatoms. The van der Waals surface area contributed by atoms with Crippen LogP contribution in [0.3, 0.4) is 0 Å². The SMILES string of the molecule is CNc1cncc(NN(C)C)n1. The van der Waals surface area contributed by atoms with Crippen molar-refractivity contribution in [1.82, 2.24) is 15.0 Å². The van der Waals surface area contributed by atoms with E-state index in [2.05, 4.69) is 20.7 Å². The van der Waals surface area contributed by atoms with Crippen LogP contribution < -0.4 is 10.7 Å². The van der Waals surface area contributed by atoms with Gasteiger partial charge in [0.25, 0.3) is 0 Å². The Bertz CT molecular complexity index is 247. The van der Waals surface area contributed by atoms with Gasteiger partial charge in [0.05, 0.1) is 12.4 Å². The third-order valence-electron chi connectivity index (χ3n) is 1.23. The van der Waals surface area contributed by atoms with E-state index in [1.165, 1.54) is 0 Å². The summed E-state index contributed by atoms with van der Waals surface area (Å²) in [6, 6.07) is 0. The van der Waals surface area contributed by atoms with E-state index in [1.54, 1.807) is 12.4 Å². The minimum Gasteiger partial charge on any atom is -0.372 e. The maximum atomic E-state index is 4.20. The van der Waals surface area contributed by atoms with Gasteiger partial charge in [0.1, 0.15) is 5.82 Å². The molecular weight excluding hydrogens is 154 g/mol. The van der Waals surface area contributed by atoms with E-state index >= 15 is 0 Å². The molecule has 1 rings (SSSR count). The Hall–Kier alpha value is -1.36. The number of hydrogen-bond donors (Lipinski definition) is 2. The average Bonchev–Trinajstić information content (AvgIpc) is 2.03. The first kappa shape index (κ1) is 8.73. The first-order chi connectivity index (χ1) is 5.72. The van der Waals surface area contributed by atoms with Gasteiger partial charge in [-0.15, -0.1) is 0 Å². The lowest BCUT2D eigenvalue weighted by Gasteiger charge is -2.12. The van der Waals surface area contributed by atoms with Gasteiger partial charge in [0, 0.05) is 21.1 Å². The van der Waals surface area contributed by atoms with Crippen LogP contribution in [0.4, 0.5) is 11.6 Å². The van der Waals surface area contributed by atoms with Crippen molar-refractivity contribution in [1.29, 1.82) is 0 Å². The van der Waals surface area contributed by atoms with Gasteiger partial charge in [0.2, 0.25) is 0 Å². The van der Waals surface area contributed by atoms with E-state index in [4.69, 9.17) is 0 Å². The lowest BCUT2D eigenvalue weighted by Crippen LogP contribution is -2.20. The Morgan fingerprint density at radius 2 is 1.92 bits per heavy atom. The van der Waals surface area contributed by atoms with E-state index in [1.807, 2.05) is 26.2 Å². The van der Waals surface area contributed by atoms with E-state index < -0.39 is 0 Å². The second-order valence-electron chi connectivity index (χ2n) is 2.55. The van der Waals surface area contributed by atoms with Gasteiger partial charge >= 0.3 is 0 Å². The summed E-state index contributed by atoms with van der Waals surface area (Å²) in [6.07, 6.45) is 3.34. The van der Waals surface area contributed by atoms with Crippen LogP contribution in [0.1, 0.15) is 0 Å². The molecule has 1 aromatic rings. The topological polar surface area (TPSA) is 53.1 Å². The molecule has 0 unspecified atom stereocenters. The van der Waals surface area contributed by atoms with Crippen LogP contribution in [-0.4, -0.2) is 36.1 Å². The molecule has 0 saturated carbocycles. The summed E-state index contributed by atoms with van der Waals surface area (Å²) < 4.78 is 0. The second kappa shape index (κ2) is 3.87. The zero-order chi connectivity index (χ0) is 8.97. The summed E-state index contributed by atoms with van der Waals surface area (Å²) in [4.78, 5) is 8.20. The Morgan fingerprint density at radius 1 is 1.25 bits per heavy atom. The fourth-order valence-corrected chi connectivity index (χ4v) is 0.769. The molecule has 0 fully saturated rings. The molecule has 0 atom stereocenters. The van der Waals surface area contributed by atoms with Crippen molar-refractivity contribution in [3.63, 3.8) is 0 Å². The van der Waals surface area contributed by atoms with Crippen LogP contribution in [0.25, 0.3) is 0 Å². The standard InChI is InChI=1S/C7H13N5/c1-8-6-4-9-5-7(10-6)11-12(2)3/h4-5H,1-3H3,(H2,8,10,11). The lowest BCUT2D eigenvalue weighted by molar-refractivity contribution is 0.492. The Kier molecular flexibility index (Phi) is 2.82. The lowest BCUT2D eigenvalue weighted by atomic mass is 10.6. The van der Waals surface area contributed by atoms with Gasteiger partial charge < -0.3 is 10.7 Å². The summed E-state index contributed by atoms with van der Waals surface area (Å²) >= 11 is 0. The van der Waals surface area contributed by atoms with E-state index in [0.29, 0.717) is 0 Å². The molecule has 0 bridgehead atoms. The normalized spacial score (nSPS) is 10.0. The molecule has 1 aromatic heterocycles. The molecule has 2 N–H and O–H groups in total. The highest BCUT2D eigenvalue weighted by Crippen LogP contribution is 2.04. The summed E-state index contributed by atoms with van der Waals surface area (Å²) in [5.74, 6) is 1.48. The zero-order valence-electron chi connectivity index (χ0n) is 7.50. The summed E-state index contributed by atoms with van der Waals surface area (Å²) in [6.45, 7) is 0. The molecule has 0 amide bonds. The number of rotatable bonds is 3. The fourth-order valence-electron chi connectivity index (χ4n) is 0.769. The van der Waals surface area contributed by atoms with Crippen LogP contribution in [-0.2, 0) is 0 Å². The minimum absolute atomic E-state index is 0.729. The number of anilines is 2. The van der Waals surface area contributed by atoms with E-state index in [-0.39, 0.29) is 0 Å². The number of hydrazine groups is 1. The van der Waals surface area contributed by atoms with Crippen LogP contribution in [0, 0.1) is 0 Å². The molecule has 0 aromatic carbocycles.